The minimum absolute atomic E-state index is 0.0219. The van der Waals surface area contributed by atoms with Crippen molar-refractivity contribution >= 4 is 33.2 Å². The lowest BCUT2D eigenvalue weighted by atomic mass is 9.91. The summed E-state index contributed by atoms with van der Waals surface area (Å²) in [6.07, 6.45) is 0.823. The number of hydrogen-bond donors (Lipinski definition) is 0. The molecule has 1 saturated heterocycles. The van der Waals surface area contributed by atoms with Gasteiger partial charge in [-0.3, -0.25) is 4.31 Å². The van der Waals surface area contributed by atoms with E-state index in [-0.39, 0.29) is 17.9 Å². The zero-order chi connectivity index (χ0) is 22.4. The lowest BCUT2D eigenvalue weighted by Gasteiger charge is -2.28. The standard InChI is InChI=1S/C23H25NO6S/c1-2-30-23(27)20(16-21(25)26)22(17-8-4-3-5-9-17)18-10-12-19(13-11-18)24-14-6-7-15-31(24,28)29/h3-5,8-13H,2,6-7,14-16H2,1H3,(H,25,26)/p-1/b22-20-. The van der Waals surface area contributed by atoms with Gasteiger partial charge in [-0.2, -0.15) is 0 Å². The van der Waals surface area contributed by atoms with Gasteiger partial charge < -0.3 is 14.6 Å². The van der Waals surface area contributed by atoms with E-state index < -0.39 is 28.4 Å². The van der Waals surface area contributed by atoms with Crippen LogP contribution in [-0.2, 0) is 24.3 Å². The summed E-state index contributed by atoms with van der Waals surface area (Å²) in [7, 11) is -3.35. The highest BCUT2D eigenvalue weighted by molar-refractivity contribution is 7.92. The molecule has 31 heavy (non-hydrogen) atoms. The number of esters is 1. The molecule has 2 aromatic rings. The summed E-state index contributed by atoms with van der Waals surface area (Å²) < 4.78 is 31.3. The van der Waals surface area contributed by atoms with E-state index in [0.717, 1.165) is 6.42 Å². The molecule has 0 bridgehead atoms. The number of aliphatic carboxylic acids is 1. The van der Waals surface area contributed by atoms with Crippen LogP contribution in [0.15, 0.2) is 60.2 Å². The number of carboxylic acid groups (broad SMARTS) is 1. The summed E-state index contributed by atoms with van der Waals surface area (Å²) in [5, 5.41) is 11.4. The summed E-state index contributed by atoms with van der Waals surface area (Å²) >= 11 is 0. The van der Waals surface area contributed by atoms with Crippen molar-refractivity contribution in [2.45, 2.75) is 26.2 Å². The predicted octanol–water partition coefficient (Wildman–Crippen LogP) is 2.12. The number of nitrogens with zero attached hydrogens (tertiary/aromatic N) is 1. The lowest BCUT2D eigenvalue weighted by Crippen LogP contribution is -2.37. The van der Waals surface area contributed by atoms with Crippen molar-refractivity contribution in [3.63, 3.8) is 0 Å². The molecule has 0 unspecified atom stereocenters. The van der Waals surface area contributed by atoms with Crippen LogP contribution in [0.1, 0.15) is 37.3 Å². The van der Waals surface area contributed by atoms with Gasteiger partial charge in [0.1, 0.15) is 0 Å². The van der Waals surface area contributed by atoms with Gasteiger partial charge >= 0.3 is 5.97 Å². The quantitative estimate of drug-likeness (QED) is 0.481. The van der Waals surface area contributed by atoms with Gasteiger partial charge in [0.25, 0.3) is 0 Å². The lowest BCUT2D eigenvalue weighted by molar-refractivity contribution is -0.304. The summed E-state index contributed by atoms with van der Waals surface area (Å²) in [5.74, 6) is -2.01. The number of ether oxygens (including phenoxy) is 1. The van der Waals surface area contributed by atoms with E-state index in [2.05, 4.69) is 0 Å². The first-order chi connectivity index (χ1) is 14.8. The Labute approximate surface area is 182 Å². The monoisotopic (exact) mass is 442 g/mol. The average molecular weight is 443 g/mol. The topological polar surface area (TPSA) is 104 Å². The SMILES string of the molecule is CCOC(=O)/C(CC(=O)[O-])=C(/c1ccccc1)c1ccc(N2CCCCS2(=O)=O)cc1. The van der Waals surface area contributed by atoms with E-state index in [4.69, 9.17) is 4.74 Å². The maximum Gasteiger partial charge on any atom is 0.335 e. The molecule has 0 aliphatic carbocycles. The number of anilines is 1. The van der Waals surface area contributed by atoms with E-state index in [9.17, 15) is 23.1 Å². The molecule has 1 heterocycles. The van der Waals surface area contributed by atoms with Crippen molar-refractivity contribution in [2.75, 3.05) is 23.2 Å². The summed E-state index contributed by atoms with van der Waals surface area (Å²) in [4.78, 5) is 24.0. The van der Waals surface area contributed by atoms with Crippen molar-refractivity contribution < 1.29 is 27.9 Å². The molecule has 8 heteroatoms. The maximum absolute atomic E-state index is 12.6. The van der Waals surface area contributed by atoms with Gasteiger partial charge in [-0.15, -0.1) is 0 Å². The van der Waals surface area contributed by atoms with E-state index in [1.165, 1.54) is 4.31 Å². The third-order valence-electron chi connectivity index (χ3n) is 5.00. The van der Waals surface area contributed by atoms with Gasteiger partial charge in [-0.1, -0.05) is 42.5 Å². The van der Waals surface area contributed by atoms with Crippen LogP contribution >= 0.6 is 0 Å². The van der Waals surface area contributed by atoms with Gasteiger partial charge in [0, 0.05) is 18.9 Å². The van der Waals surface area contributed by atoms with Gasteiger partial charge in [0.2, 0.25) is 10.0 Å². The minimum Gasteiger partial charge on any atom is -0.550 e. The smallest absolute Gasteiger partial charge is 0.335 e. The van der Waals surface area contributed by atoms with Crippen LogP contribution in [0, 0.1) is 0 Å². The first-order valence-corrected chi connectivity index (χ1v) is 11.7. The summed E-state index contributed by atoms with van der Waals surface area (Å²) in [6.45, 7) is 2.16. The molecule has 0 aromatic heterocycles. The fraction of sp³-hybridized carbons (Fsp3) is 0.304. The molecule has 7 nitrogen and oxygen atoms in total. The molecule has 0 saturated carbocycles. The highest BCUT2D eigenvalue weighted by Gasteiger charge is 2.26. The molecule has 1 aliphatic heterocycles. The Morgan fingerprint density at radius 2 is 1.65 bits per heavy atom. The second kappa shape index (κ2) is 9.78. The molecule has 1 fully saturated rings. The third kappa shape index (κ3) is 5.32. The third-order valence-corrected chi connectivity index (χ3v) is 6.87. The molecule has 0 atom stereocenters. The highest BCUT2D eigenvalue weighted by Crippen LogP contribution is 2.32. The second-order valence-corrected chi connectivity index (χ2v) is 9.14. The molecule has 0 N–H and O–H groups in total. The molecule has 0 amide bonds. The van der Waals surface area contributed by atoms with Crippen molar-refractivity contribution in [1.29, 1.82) is 0 Å². The Hall–Kier alpha value is -3.13. The zero-order valence-corrected chi connectivity index (χ0v) is 18.1. The number of carboxylic acids is 1. The zero-order valence-electron chi connectivity index (χ0n) is 17.2. The Morgan fingerprint density at radius 3 is 2.23 bits per heavy atom. The van der Waals surface area contributed by atoms with E-state index >= 15 is 0 Å². The van der Waals surface area contributed by atoms with Gasteiger partial charge in [0.05, 0.1) is 23.6 Å². The molecular formula is C23H24NO6S-. The van der Waals surface area contributed by atoms with E-state index in [1.54, 1.807) is 55.5 Å². The first-order valence-electron chi connectivity index (χ1n) is 10.1. The van der Waals surface area contributed by atoms with Crippen LogP contribution < -0.4 is 9.41 Å². The van der Waals surface area contributed by atoms with Crippen LogP contribution in [0.3, 0.4) is 0 Å². The molecule has 164 valence electrons. The number of rotatable bonds is 7. The molecule has 0 spiro atoms. The van der Waals surface area contributed by atoms with E-state index in [1.807, 2.05) is 6.07 Å². The predicted molar refractivity (Wildman–Crippen MR) is 116 cm³/mol. The number of benzene rings is 2. The molecule has 0 radical (unpaired) electrons. The normalized spacial score (nSPS) is 16.4. The summed E-state index contributed by atoms with van der Waals surface area (Å²) in [5.41, 5.74) is 2.15. The first kappa shape index (κ1) is 22.6. The van der Waals surface area contributed by atoms with Crippen LogP contribution in [0.5, 0.6) is 0 Å². The largest absolute Gasteiger partial charge is 0.550 e. The van der Waals surface area contributed by atoms with Gasteiger partial charge in [-0.05, 0) is 48.6 Å². The van der Waals surface area contributed by atoms with E-state index in [0.29, 0.717) is 35.4 Å². The van der Waals surface area contributed by atoms with Crippen LogP contribution in [0.25, 0.3) is 5.57 Å². The fourth-order valence-corrected chi connectivity index (χ4v) is 5.26. The van der Waals surface area contributed by atoms with Crippen LogP contribution in [-0.4, -0.2) is 39.3 Å². The average Bonchev–Trinajstić information content (AvgIpc) is 2.74. The fourth-order valence-electron chi connectivity index (χ4n) is 3.62. The van der Waals surface area contributed by atoms with Crippen molar-refractivity contribution in [3.05, 3.63) is 71.3 Å². The molecule has 2 aromatic carbocycles. The minimum atomic E-state index is -3.35. The van der Waals surface area contributed by atoms with Crippen molar-refractivity contribution in [3.8, 4) is 0 Å². The number of hydrogen-bond acceptors (Lipinski definition) is 6. The highest BCUT2D eigenvalue weighted by atomic mass is 32.2. The molecule has 3 rings (SSSR count). The number of carbonyl (C=O) groups excluding carboxylic acids is 2. The van der Waals surface area contributed by atoms with Crippen LogP contribution in [0.2, 0.25) is 0 Å². The van der Waals surface area contributed by atoms with Crippen LogP contribution in [0.4, 0.5) is 5.69 Å². The van der Waals surface area contributed by atoms with Gasteiger partial charge in [0.15, 0.2) is 0 Å². The maximum atomic E-state index is 12.6. The van der Waals surface area contributed by atoms with Crippen molar-refractivity contribution in [1.82, 2.24) is 0 Å². The Kier molecular flexibility index (Phi) is 7.12. The summed E-state index contributed by atoms with van der Waals surface area (Å²) in [6, 6.07) is 15.6. The number of sulfonamides is 1. The van der Waals surface area contributed by atoms with Crippen molar-refractivity contribution in [2.24, 2.45) is 0 Å². The molecular weight excluding hydrogens is 418 g/mol. The van der Waals surface area contributed by atoms with Gasteiger partial charge in [-0.25, -0.2) is 13.2 Å². The Bertz CT molecular complexity index is 1070. The molecule has 1 aliphatic rings. The number of carbonyl (C=O) groups is 2. The second-order valence-electron chi connectivity index (χ2n) is 7.13. The Morgan fingerprint density at radius 1 is 1.00 bits per heavy atom. The Balaban J connectivity index is 2.12.